The third-order valence-electron chi connectivity index (χ3n) is 4.30. The van der Waals surface area contributed by atoms with E-state index in [4.69, 9.17) is 4.74 Å². The molecule has 1 unspecified atom stereocenters. The van der Waals surface area contributed by atoms with Gasteiger partial charge in [-0.25, -0.2) is 13.2 Å². The van der Waals surface area contributed by atoms with Gasteiger partial charge in [0.15, 0.2) is 17.5 Å². The Kier molecular flexibility index (Phi) is 5.58. The molecule has 0 radical (unpaired) electrons. The Morgan fingerprint density at radius 2 is 1.79 bits per heavy atom. The molecule has 0 aliphatic carbocycles. The van der Waals surface area contributed by atoms with Crippen LogP contribution in [0.1, 0.15) is 20.3 Å². The van der Waals surface area contributed by atoms with E-state index in [1.807, 2.05) is 13.8 Å². The van der Waals surface area contributed by atoms with Crippen LogP contribution in [0.5, 0.6) is 5.75 Å². The largest absolute Gasteiger partial charge is 0.491 e. The number of rotatable bonds is 5. The number of anilines is 2. The molecule has 0 spiro atoms. The second-order valence-corrected chi connectivity index (χ2v) is 6.78. The molecule has 1 N–H and O–H groups in total. The molecule has 1 aliphatic rings. The van der Waals surface area contributed by atoms with E-state index in [9.17, 15) is 22.8 Å². The molecule has 5 nitrogen and oxygen atoms in total. The Labute approximate surface area is 160 Å². The quantitative estimate of drug-likeness (QED) is 0.786. The Bertz CT molecular complexity index is 900. The first-order valence-electron chi connectivity index (χ1n) is 8.77. The molecule has 1 heterocycles. The van der Waals surface area contributed by atoms with Crippen LogP contribution < -0.4 is 15.0 Å². The van der Waals surface area contributed by atoms with Crippen LogP contribution in [-0.2, 0) is 9.59 Å². The normalized spacial score (nSPS) is 16.6. The zero-order valence-electron chi connectivity index (χ0n) is 15.3. The third-order valence-corrected chi connectivity index (χ3v) is 4.30. The van der Waals surface area contributed by atoms with Gasteiger partial charge in [0.1, 0.15) is 5.75 Å². The van der Waals surface area contributed by atoms with Crippen LogP contribution in [0.2, 0.25) is 0 Å². The molecule has 2 amide bonds. The van der Waals surface area contributed by atoms with Gasteiger partial charge in [-0.3, -0.25) is 9.59 Å². The summed E-state index contributed by atoms with van der Waals surface area (Å²) in [6.07, 6.45) is -0.133. The highest BCUT2D eigenvalue weighted by molar-refractivity contribution is 6.03. The Balaban J connectivity index is 1.68. The summed E-state index contributed by atoms with van der Waals surface area (Å²) in [4.78, 5) is 25.6. The summed E-state index contributed by atoms with van der Waals surface area (Å²) in [6.45, 7) is 3.67. The van der Waals surface area contributed by atoms with E-state index < -0.39 is 35.2 Å². The first-order chi connectivity index (χ1) is 13.3. The van der Waals surface area contributed by atoms with Crippen LogP contribution in [0, 0.1) is 23.4 Å². The van der Waals surface area contributed by atoms with Crippen LogP contribution in [0.4, 0.5) is 24.5 Å². The maximum atomic E-state index is 14.0. The Hall–Kier alpha value is -3.03. The number of nitrogens with one attached hydrogen (secondary N) is 1. The first kappa shape index (κ1) is 19.7. The topological polar surface area (TPSA) is 58.6 Å². The van der Waals surface area contributed by atoms with Gasteiger partial charge in [0.05, 0.1) is 17.7 Å². The molecular formula is C20H19F3N2O3. The first-order valence-corrected chi connectivity index (χ1v) is 8.77. The van der Waals surface area contributed by atoms with Gasteiger partial charge in [0.2, 0.25) is 11.8 Å². The number of halogens is 3. The molecular weight excluding hydrogens is 373 g/mol. The highest BCUT2D eigenvalue weighted by Crippen LogP contribution is 2.30. The summed E-state index contributed by atoms with van der Waals surface area (Å²) in [7, 11) is 0. The molecule has 0 aromatic heterocycles. The monoisotopic (exact) mass is 392 g/mol. The predicted molar refractivity (Wildman–Crippen MR) is 97.6 cm³/mol. The molecule has 3 rings (SSSR count). The van der Waals surface area contributed by atoms with Gasteiger partial charge in [-0.15, -0.1) is 0 Å². The van der Waals surface area contributed by atoms with Crippen LogP contribution >= 0.6 is 0 Å². The minimum absolute atomic E-state index is 0.0209. The number of amides is 2. The lowest BCUT2D eigenvalue weighted by molar-refractivity contribution is -0.122. The third kappa shape index (κ3) is 4.11. The van der Waals surface area contributed by atoms with Gasteiger partial charge in [0.25, 0.3) is 0 Å². The van der Waals surface area contributed by atoms with Crippen molar-refractivity contribution in [3.8, 4) is 5.75 Å². The molecule has 1 saturated heterocycles. The lowest BCUT2D eigenvalue weighted by Crippen LogP contribution is -2.29. The summed E-state index contributed by atoms with van der Waals surface area (Å²) >= 11 is 0. The SMILES string of the molecule is CC(C)Oc1ccc(NC(=O)C2CC(=O)N(c3ccc(F)c(F)c3F)C2)cc1. The summed E-state index contributed by atoms with van der Waals surface area (Å²) in [5.74, 6) is -5.48. The zero-order chi connectivity index (χ0) is 20.4. The standard InChI is InChI=1S/C20H19F3N2O3/c1-11(2)28-14-5-3-13(4-6-14)24-20(27)12-9-17(26)25(10-12)16-8-7-15(21)18(22)19(16)23/h3-8,11-12H,9-10H2,1-2H3,(H,24,27). The molecule has 0 saturated carbocycles. The van der Waals surface area contributed by atoms with E-state index in [1.54, 1.807) is 24.3 Å². The van der Waals surface area contributed by atoms with Gasteiger partial charge < -0.3 is 15.0 Å². The molecule has 2 aromatic rings. The zero-order valence-corrected chi connectivity index (χ0v) is 15.3. The molecule has 1 fully saturated rings. The maximum Gasteiger partial charge on any atom is 0.229 e. The van der Waals surface area contributed by atoms with Crippen molar-refractivity contribution in [3.63, 3.8) is 0 Å². The summed E-state index contributed by atoms with van der Waals surface area (Å²) in [6, 6.07) is 8.48. The van der Waals surface area contributed by atoms with Crippen molar-refractivity contribution in [2.45, 2.75) is 26.4 Å². The van der Waals surface area contributed by atoms with E-state index in [0.717, 1.165) is 17.0 Å². The maximum absolute atomic E-state index is 14.0. The second kappa shape index (κ2) is 7.92. The molecule has 1 atom stereocenters. The molecule has 148 valence electrons. The van der Waals surface area contributed by atoms with E-state index >= 15 is 0 Å². The summed E-state index contributed by atoms with van der Waals surface area (Å²) < 4.78 is 46.0. The number of benzene rings is 2. The molecule has 28 heavy (non-hydrogen) atoms. The smallest absolute Gasteiger partial charge is 0.229 e. The van der Waals surface area contributed by atoms with E-state index in [0.29, 0.717) is 11.4 Å². The number of hydrogen-bond acceptors (Lipinski definition) is 3. The second-order valence-electron chi connectivity index (χ2n) is 6.78. The summed E-state index contributed by atoms with van der Waals surface area (Å²) in [5, 5.41) is 2.69. The number of hydrogen-bond donors (Lipinski definition) is 1. The van der Waals surface area contributed by atoms with Crippen molar-refractivity contribution in [2.75, 3.05) is 16.8 Å². The lowest BCUT2D eigenvalue weighted by Gasteiger charge is -2.18. The van der Waals surface area contributed by atoms with E-state index in [-0.39, 0.29) is 24.8 Å². The number of carbonyl (C=O) groups is 2. The lowest BCUT2D eigenvalue weighted by atomic mass is 10.1. The minimum Gasteiger partial charge on any atom is -0.491 e. The average molecular weight is 392 g/mol. The van der Waals surface area contributed by atoms with Crippen molar-refractivity contribution >= 4 is 23.2 Å². The Morgan fingerprint density at radius 3 is 2.43 bits per heavy atom. The molecule has 1 aliphatic heterocycles. The van der Waals surface area contributed by atoms with Crippen LogP contribution in [0.3, 0.4) is 0 Å². The van der Waals surface area contributed by atoms with Gasteiger partial charge in [-0.2, -0.15) is 0 Å². The van der Waals surface area contributed by atoms with Gasteiger partial charge >= 0.3 is 0 Å². The predicted octanol–water partition coefficient (Wildman–Crippen LogP) is 3.88. The van der Waals surface area contributed by atoms with Crippen LogP contribution in [0.25, 0.3) is 0 Å². The van der Waals surface area contributed by atoms with Gasteiger partial charge in [0, 0.05) is 18.7 Å². The van der Waals surface area contributed by atoms with Gasteiger partial charge in [-0.05, 0) is 50.2 Å². The summed E-state index contributed by atoms with van der Waals surface area (Å²) in [5.41, 5.74) is 0.139. The fraction of sp³-hybridized carbons (Fsp3) is 0.300. The number of carbonyl (C=O) groups excluding carboxylic acids is 2. The molecule has 2 aromatic carbocycles. The fourth-order valence-corrected chi connectivity index (χ4v) is 2.97. The van der Waals surface area contributed by atoms with Gasteiger partial charge in [-0.1, -0.05) is 0 Å². The van der Waals surface area contributed by atoms with Crippen LogP contribution in [-0.4, -0.2) is 24.5 Å². The van der Waals surface area contributed by atoms with E-state index in [1.165, 1.54) is 0 Å². The number of ether oxygens (including phenoxy) is 1. The fourth-order valence-electron chi connectivity index (χ4n) is 2.97. The highest BCUT2D eigenvalue weighted by atomic mass is 19.2. The minimum atomic E-state index is -1.65. The van der Waals surface area contributed by atoms with Crippen molar-refractivity contribution in [1.29, 1.82) is 0 Å². The van der Waals surface area contributed by atoms with Crippen molar-refractivity contribution in [1.82, 2.24) is 0 Å². The van der Waals surface area contributed by atoms with Crippen LogP contribution in [0.15, 0.2) is 36.4 Å². The van der Waals surface area contributed by atoms with E-state index in [2.05, 4.69) is 5.32 Å². The molecule has 0 bridgehead atoms. The highest BCUT2D eigenvalue weighted by Gasteiger charge is 2.37. The van der Waals surface area contributed by atoms with Crippen molar-refractivity contribution < 1.29 is 27.5 Å². The Morgan fingerprint density at radius 1 is 1.11 bits per heavy atom. The van der Waals surface area contributed by atoms with Crippen molar-refractivity contribution in [3.05, 3.63) is 53.8 Å². The molecule has 8 heteroatoms. The average Bonchev–Trinajstić information content (AvgIpc) is 3.03. The van der Waals surface area contributed by atoms with Crippen molar-refractivity contribution in [2.24, 2.45) is 5.92 Å². The number of nitrogens with zero attached hydrogens (tertiary/aromatic N) is 1.